The summed E-state index contributed by atoms with van der Waals surface area (Å²) >= 11 is 1.78. The molecule has 1 fully saturated rings. The molecule has 96 valence electrons. The fourth-order valence-corrected chi connectivity index (χ4v) is 3.03. The summed E-state index contributed by atoms with van der Waals surface area (Å²) in [5.41, 5.74) is 2.15. The summed E-state index contributed by atoms with van der Waals surface area (Å²) < 4.78 is 0. The first-order valence-corrected chi connectivity index (χ1v) is 7.40. The van der Waals surface area contributed by atoms with Crippen molar-refractivity contribution < 1.29 is 0 Å². The van der Waals surface area contributed by atoms with E-state index in [-0.39, 0.29) is 0 Å². The van der Waals surface area contributed by atoms with Crippen molar-refractivity contribution in [1.29, 1.82) is 5.26 Å². The van der Waals surface area contributed by atoms with Crippen LogP contribution in [-0.2, 0) is 0 Å². The van der Waals surface area contributed by atoms with Crippen molar-refractivity contribution >= 4 is 11.8 Å². The fraction of sp³-hybridized carbons (Fsp3) is 0.533. The van der Waals surface area contributed by atoms with Crippen LogP contribution in [0.5, 0.6) is 0 Å². The number of nitrogens with zero attached hydrogens (tertiary/aromatic N) is 1. The van der Waals surface area contributed by atoms with E-state index in [1.165, 1.54) is 28.9 Å². The van der Waals surface area contributed by atoms with Gasteiger partial charge in [0, 0.05) is 16.7 Å². The number of thioether (sulfide) groups is 1. The van der Waals surface area contributed by atoms with Crippen molar-refractivity contribution in [2.45, 2.75) is 50.1 Å². The Hall–Kier alpha value is -0.980. The maximum atomic E-state index is 9.34. The quantitative estimate of drug-likeness (QED) is 0.824. The maximum absolute atomic E-state index is 9.34. The van der Waals surface area contributed by atoms with E-state index in [9.17, 15) is 5.26 Å². The Labute approximate surface area is 114 Å². The summed E-state index contributed by atoms with van der Waals surface area (Å²) in [5.74, 6) is 0.796. The Balaban J connectivity index is 2.00. The van der Waals surface area contributed by atoms with Gasteiger partial charge in [0.15, 0.2) is 0 Å². The largest absolute Gasteiger partial charge is 0.296 e. The monoisotopic (exact) mass is 260 g/mol. The second-order valence-corrected chi connectivity index (χ2v) is 6.44. The average Bonchev–Trinajstić information content (AvgIpc) is 3.14. The first-order chi connectivity index (χ1) is 8.52. The molecule has 2 nitrogen and oxygen atoms in total. The molecule has 0 amide bonds. The molecule has 0 heterocycles. The predicted molar refractivity (Wildman–Crippen MR) is 76.8 cm³/mol. The molecule has 1 aliphatic carbocycles. The van der Waals surface area contributed by atoms with Crippen LogP contribution in [0.3, 0.4) is 0 Å². The highest BCUT2D eigenvalue weighted by Gasteiger charge is 2.32. The summed E-state index contributed by atoms with van der Waals surface area (Å²) in [6.45, 7) is 6.23. The van der Waals surface area contributed by atoms with Gasteiger partial charge in [0.05, 0.1) is 6.07 Å². The van der Waals surface area contributed by atoms with E-state index >= 15 is 0 Å². The minimum atomic E-state index is -0.415. The topological polar surface area (TPSA) is 35.8 Å². The van der Waals surface area contributed by atoms with E-state index in [0.717, 1.165) is 5.75 Å². The third kappa shape index (κ3) is 3.51. The lowest BCUT2D eigenvalue weighted by Crippen LogP contribution is -2.44. The van der Waals surface area contributed by atoms with E-state index < -0.39 is 5.54 Å². The average molecular weight is 260 g/mol. The smallest absolute Gasteiger partial charge is 0.113 e. The van der Waals surface area contributed by atoms with Crippen LogP contribution in [0.15, 0.2) is 23.1 Å². The second-order valence-electron chi connectivity index (χ2n) is 5.42. The summed E-state index contributed by atoms with van der Waals surface area (Å²) in [4.78, 5) is 1.29. The lowest BCUT2D eigenvalue weighted by Gasteiger charge is -2.23. The molecule has 1 saturated carbocycles. The molecule has 1 atom stereocenters. The second kappa shape index (κ2) is 5.34. The van der Waals surface area contributed by atoms with Crippen LogP contribution in [0.1, 0.15) is 30.9 Å². The van der Waals surface area contributed by atoms with Gasteiger partial charge in [-0.05, 0) is 45.2 Å². The number of rotatable bonds is 5. The van der Waals surface area contributed by atoms with Crippen molar-refractivity contribution in [3.63, 3.8) is 0 Å². The standard InChI is InChI=1S/C15H20N2S/c1-11-4-5-12(2)14(8-11)18-10-15(3,9-16)17-13-6-7-13/h4-5,8,13,17H,6-7,10H2,1-3H3. The summed E-state index contributed by atoms with van der Waals surface area (Å²) in [6.07, 6.45) is 2.43. The Morgan fingerprint density at radius 1 is 1.44 bits per heavy atom. The molecule has 1 aromatic carbocycles. The van der Waals surface area contributed by atoms with Crippen molar-refractivity contribution in [3.8, 4) is 6.07 Å². The van der Waals surface area contributed by atoms with Crippen molar-refractivity contribution in [2.24, 2.45) is 0 Å². The molecule has 0 aliphatic heterocycles. The van der Waals surface area contributed by atoms with E-state index in [2.05, 4.69) is 43.4 Å². The van der Waals surface area contributed by atoms with Gasteiger partial charge >= 0.3 is 0 Å². The zero-order valence-corrected chi connectivity index (χ0v) is 12.1. The van der Waals surface area contributed by atoms with Gasteiger partial charge in [-0.3, -0.25) is 5.32 Å². The molecule has 0 saturated heterocycles. The number of hydrogen-bond donors (Lipinski definition) is 1. The molecule has 1 aliphatic rings. The van der Waals surface area contributed by atoms with Gasteiger partial charge in [-0.15, -0.1) is 11.8 Å². The van der Waals surface area contributed by atoms with Crippen molar-refractivity contribution in [3.05, 3.63) is 29.3 Å². The third-order valence-electron chi connectivity index (χ3n) is 3.21. The molecule has 3 heteroatoms. The highest BCUT2D eigenvalue weighted by atomic mass is 32.2. The number of hydrogen-bond acceptors (Lipinski definition) is 3. The molecule has 1 N–H and O–H groups in total. The first kappa shape index (κ1) is 13.5. The van der Waals surface area contributed by atoms with Gasteiger partial charge in [0.25, 0.3) is 0 Å². The first-order valence-electron chi connectivity index (χ1n) is 6.41. The molecule has 2 rings (SSSR count). The molecule has 1 unspecified atom stereocenters. The Bertz CT molecular complexity index is 474. The molecule has 0 bridgehead atoms. The molecule has 0 spiro atoms. The lowest BCUT2D eigenvalue weighted by molar-refractivity contribution is 0.490. The van der Waals surface area contributed by atoms with Gasteiger partial charge < -0.3 is 0 Å². The van der Waals surface area contributed by atoms with Crippen LogP contribution in [-0.4, -0.2) is 17.3 Å². The molecular weight excluding hydrogens is 240 g/mol. The Morgan fingerprint density at radius 2 is 2.17 bits per heavy atom. The normalized spacial score (nSPS) is 18.1. The van der Waals surface area contributed by atoms with Gasteiger partial charge in [-0.2, -0.15) is 5.26 Å². The highest BCUT2D eigenvalue weighted by Crippen LogP contribution is 2.29. The SMILES string of the molecule is Cc1ccc(C)c(SCC(C)(C#N)NC2CC2)c1. The predicted octanol–water partition coefficient (Wildman–Crippen LogP) is 3.43. The van der Waals surface area contributed by atoms with Crippen LogP contribution in [0, 0.1) is 25.2 Å². The number of benzene rings is 1. The van der Waals surface area contributed by atoms with Gasteiger partial charge in [-0.25, -0.2) is 0 Å². The molecular formula is C15H20N2S. The van der Waals surface area contributed by atoms with Gasteiger partial charge in [0.2, 0.25) is 0 Å². The van der Waals surface area contributed by atoms with Crippen LogP contribution in [0.4, 0.5) is 0 Å². The molecule has 0 aromatic heterocycles. The van der Waals surface area contributed by atoms with E-state index in [0.29, 0.717) is 6.04 Å². The minimum Gasteiger partial charge on any atom is -0.296 e. The number of nitrogens with one attached hydrogen (secondary N) is 1. The van der Waals surface area contributed by atoms with Crippen molar-refractivity contribution in [1.82, 2.24) is 5.32 Å². The van der Waals surface area contributed by atoms with Crippen LogP contribution < -0.4 is 5.32 Å². The zero-order valence-electron chi connectivity index (χ0n) is 11.3. The minimum absolute atomic E-state index is 0.415. The van der Waals surface area contributed by atoms with Crippen molar-refractivity contribution in [2.75, 3.05) is 5.75 Å². The third-order valence-corrected chi connectivity index (χ3v) is 4.68. The summed E-state index contributed by atoms with van der Waals surface area (Å²) in [6, 6.07) is 9.47. The van der Waals surface area contributed by atoms with E-state index in [1.54, 1.807) is 11.8 Å². The summed E-state index contributed by atoms with van der Waals surface area (Å²) in [5, 5.41) is 12.8. The Kier molecular flexibility index (Phi) is 3.99. The van der Waals surface area contributed by atoms with E-state index in [4.69, 9.17) is 0 Å². The van der Waals surface area contributed by atoms with E-state index in [1.807, 2.05) is 6.92 Å². The van der Waals surface area contributed by atoms with Crippen LogP contribution in [0.25, 0.3) is 0 Å². The van der Waals surface area contributed by atoms with Crippen LogP contribution in [0.2, 0.25) is 0 Å². The number of nitriles is 1. The molecule has 1 aromatic rings. The zero-order chi connectivity index (χ0) is 13.2. The van der Waals surface area contributed by atoms with Gasteiger partial charge in [-0.1, -0.05) is 17.7 Å². The lowest BCUT2D eigenvalue weighted by atomic mass is 10.1. The fourth-order valence-electron chi connectivity index (χ4n) is 1.87. The maximum Gasteiger partial charge on any atom is 0.113 e. The summed E-state index contributed by atoms with van der Waals surface area (Å²) in [7, 11) is 0. The number of aryl methyl sites for hydroxylation is 2. The highest BCUT2D eigenvalue weighted by molar-refractivity contribution is 7.99. The van der Waals surface area contributed by atoms with Crippen LogP contribution >= 0.6 is 11.8 Å². The molecule has 18 heavy (non-hydrogen) atoms. The van der Waals surface area contributed by atoms with Gasteiger partial charge in [0.1, 0.15) is 5.54 Å². The Morgan fingerprint density at radius 3 is 2.78 bits per heavy atom. The molecule has 0 radical (unpaired) electrons.